The first-order valence-electron chi connectivity index (χ1n) is 9.08. The van der Waals surface area contributed by atoms with Crippen molar-refractivity contribution in [1.82, 2.24) is 35.2 Å². The van der Waals surface area contributed by atoms with Crippen LogP contribution < -0.4 is 11.1 Å². The monoisotopic (exact) mass is 435 g/mol. The predicted molar refractivity (Wildman–Crippen MR) is 114 cm³/mol. The molecular weight excluding hydrogens is 418 g/mol. The van der Waals surface area contributed by atoms with Crippen molar-refractivity contribution in [1.29, 1.82) is 0 Å². The van der Waals surface area contributed by atoms with E-state index in [0.717, 1.165) is 15.3 Å². The first kappa shape index (κ1) is 20.2. The summed E-state index contributed by atoms with van der Waals surface area (Å²) in [5, 5.41) is 22.9. The molecule has 0 fully saturated rings. The molecule has 3 N–H and O–H groups in total. The number of rotatable bonds is 7. The predicted octanol–water partition coefficient (Wildman–Crippen LogP) is 1.38. The molecule has 0 saturated carbocycles. The van der Waals surface area contributed by atoms with Crippen LogP contribution in [0.15, 0.2) is 59.5 Å². The van der Waals surface area contributed by atoms with Crippen LogP contribution in [0.1, 0.15) is 10.5 Å². The van der Waals surface area contributed by atoms with E-state index in [1.807, 2.05) is 36.6 Å². The maximum Gasteiger partial charge on any atom is 0.273 e. The van der Waals surface area contributed by atoms with Crippen molar-refractivity contribution in [3.05, 3.63) is 60.3 Å². The van der Waals surface area contributed by atoms with Gasteiger partial charge in [0.2, 0.25) is 11.7 Å². The molecule has 12 heteroatoms. The zero-order valence-corrected chi connectivity index (χ0v) is 17.2. The first-order chi connectivity index (χ1) is 15.0. The number of tetrazole rings is 1. The minimum absolute atomic E-state index is 0.0469. The molecule has 0 atom stereocenters. The Labute approximate surface area is 180 Å². The highest BCUT2D eigenvalue weighted by molar-refractivity contribution is 7.98. The third-order valence-corrected chi connectivity index (χ3v) is 4.92. The van der Waals surface area contributed by atoms with Gasteiger partial charge in [-0.05, 0) is 47.9 Å². The maximum absolute atomic E-state index is 12.5. The molecule has 2 heterocycles. The van der Waals surface area contributed by atoms with Crippen LogP contribution in [0, 0.1) is 0 Å². The van der Waals surface area contributed by atoms with Gasteiger partial charge in [0.15, 0.2) is 11.5 Å². The molecule has 0 aliphatic heterocycles. The van der Waals surface area contributed by atoms with E-state index in [1.165, 1.54) is 4.80 Å². The Morgan fingerprint density at radius 2 is 1.77 bits per heavy atom. The Morgan fingerprint density at radius 1 is 1.03 bits per heavy atom. The number of nitrogens with one attached hydrogen (secondary N) is 1. The molecule has 0 radical (unpaired) electrons. The van der Waals surface area contributed by atoms with Crippen molar-refractivity contribution in [3.8, 4) is 17.1 Å². The van der Waals surface area contributed by atoms with Crippen molar-refractivity contribution >= 4 is 29.4 Å². The highest BCUT2D eigenvalue weighted by Crippen LogP contribution is 2.19. The maximum atomic E-state index is 12.5. The van der Waals surface area contributed by atoms with Crippen molar-refractivity contribution in [3.63, 3.8) is 0 Å². The number of carbonyl (C=O) groups is 2. The minimum atomic E-state index is -0.813. The van der Waals surface area contributed by atoms with E-state index in [-0.39, 0.29) is 18.1 Å². The van der Waals surface area contributed by atoms with Crippen LogP contribution in [0.2, 0.25) is 0 Å². The normalized spacial score (nSPS) is 10.7. The molecule has 0 aliphatic carbocycles. The summed E-state index contributed by atoms with van der Waals surface area (Å²) in [5.74, 6) is -0.973. The fourth-order valence-electron chi connectivity index (χ4n) is 2.70. The van der Waals surface area contributed by atoms with Crippen molar-refractivity contribution in [2.45, 2.75) is 11.4 Å². The molecule has 2 amide bonds. The summed E-state index contributed by atoms with van der Waals surface area (Å²) in [5.41, 5.74) is 6.62. The second-order valence-corrected chi connectivity index (χ2v) is 7.19. The summed E-state index contributed by atoms with van der Waals surface area (Å²) in [6.07, 6.45) is 1.99. The van der Waals surface area contributed by atoms with E-state index in [0.29, 0.717) is 11.5 Å². The average molecular weight is 435 g/mol. The molecule has 2 aromatic carbocycles. The number of thioether (sulfide) groups is 1. The third kappa shape index (κ3) is 4.59. The van der Waals surface area contributed by atoms with Crippen LogP contribution >= 0.6 is 11.8 Å². The topological polar surface area (TPSA) is 146 Å². The quantitative estimate of drug-likeness (QED) is 0.414. The van der Waals surface area contributed by atoms with Crippen molar-refractivity contribution < 1.29 is 9.59 Å². The highest BCUT2D eigenvalue weighted by Gasteiger charge is 2.20. The van der Waals surface area contributed by atoms with Gasteiger partial charge in [0.05, 0.1) is 5.69 Å². The highest BCUT2D eigenvalue weighted by atomic mass is 32.2. The number of carbonyl (C=O) groups excluding carboxylic acids is 2. The summed E-state index contributed by atoms with van der Waals surface area (Å²) in [6.45, 7) is -0.230. The van der Waals surface area contributed by atoms with Crippen LogP contribution in [0.25, 0.3) is 17.1 Å². The Morgan fingerprint density at radius 3 is 2.45 bits per heavy atom. The van der Waals surface area contributed by atoms with Gasteiger partial charge in [-0.2, -0.15) is 4.80 Å². The van der Waals surface area contributed by atoms with Crippen LogP contribution in [0.4, 0.5) is 5.82 Å². The number of nitrogens with zero attached hydrogens (tertiary/aromatic N) is 7. The summed E-state index contributed by atoms with van der Waals surface area (Å²) in [7, 11) is 0. The fourth-order valence-corrected chi connectivity index (χ4v) is 3.11. The average Bonchev–Trinajstić information content (AvgIpc) is 3.42. The molecule has 11 nitrogen and oxygen atoms in total. The van der Waals surface area contributed by atoms with Gasteiger partial charge in [-0.3, -0.25) is 9.59 Å². The summed E-state index contributed by atoms with van der Waals surface area (Å²) >= 11 is 1.63. The van der Waals surface area contributed by atoms with Crippen LogP contribution in [0.3, 0.4) is 0 Å². The molecule has 156 valence electrons. The van der Waals surface area contributed by atoms with Gasteiger partial charge < -0.3 is 11.1 Å². The van der Waals surface area contributed by atoms with Crippen LogP contribution in [-0.2, 0) is 11.3 Å². The van der Waals surface area contributed by atoms with Gasteiger partial charge in [-0.15, -0.1) is 37.0 Å². The summed E-state index contributed by atoms with van der Waals surface area (Å²) in [4.78, 5) is 27.7. The third-order valence-electron chi connectivity index (χ3n) is 4.18. The van der Waals surface area contributed by atoms with E-state index >= 15 is 0 Å². The Hall–Kier alpha value is -4.06. The van der Waals surface area contributed by atoms with Crippen LogP contribution in [-0.4, -0.2) is 53.3 Å². The van der Waals surface area contributed by atoms with Crippen LogP contribution in [0.5, 0.6) is 0 Å². The smallest absolute Gasteiger partial charge is 0.273 e. The molecule has 0 unspecified atom stereocenters. The standard InChI is InChI=1S/C19H17N9O2S/c1-31-14-9-7-12(8-10-14)18-22-26-27(24-18)11-15(29)21-19-16(17(20)30)23-28(25-19)13-5-3-2-4-6-13/h2-10H,11H2,1H3,(H2,20,30)(H,21,25,29). The minimum Gasteiger partial charge on any atom is -0.364 e. The number of primary amides is 1. The zero-order valence-electron chi connectivity index (χ0n) is 16.3. The van der Waals surface area contributed by atoms with E-state index in [4.69, 9.17) is 5.73 Å². The number of anilines is 1. The largest absolute Gasteiger partial charge is 0.364 e. The molecule has 31 heavy (non-hydrogen) atoms. The number of aromatic nitrogens is 7. The summed E-state index contributed by atoms with van der Waals surface area (Å²) < 4.78 is 0. The zero-order chi connectivity index (χ0) is 21.8. The molecule has 0 saturated heterocycles. The number of nitrogens with two attached hydrogens (primary N) is 1. The SMILES string of the molecule is CSc1ccc(-c2nnn(CC(=O)Nc3nn(-c4ccccc4)nc3C(N)=O)n2)cc1. The second-order valence-electron chi connectivity index (χ2n) is 6.31. The molecule has 0 spiro atoms. The molecule has 2 aromatic heterocycles. The van der Waals surface area contributed by atoms with Gasteiger partial charge in [-0.1, -0.05) is 18.2 Å². The van der Waals surface area contributed by atoms with E-state index in [2.05, 4.69) is 30.9 Å². The van der Waals surface area contributed by atoms with Gasteiger partial charge in [-0.25, -0.2) is 0 Å². The first-order valence-corrected chi connectivity index (χ1v) is 10.3. The Balaban J connectivity index is 1.48. The number of hydrogen-bond acceptors (Lipinski definition) is 8. The van der Waals surface area contributed by atoms with E-state index < -0.39 is 11.8 Å². The molecule has 0 bridgehead atoms. The Kier molecular flexibility index (Phi) is 5.71. The molecule has 4 rings (SSSR count). The number of amides is 2. The molecule has 4 aromatic rings. The lowest BCUT2D eigenvalue weighted by Crippen LogP contribution is -2.23. The van der Waals surface area contributed by atoms with E-state index in [1.54, 1.807) is 36.0 Å². The van der Waals surface area contributed by atoms with Crippen molar-refractivity contribution in [2.24, 2.45) is 5.73 Å². The van der Waals surface area contributed by atoms with Gasteiger partial charge >= 0.3 is 0 Å². The lowest BCUT2D eigenvalue weighted by molar-refractivity contribution is -0.117. The number of para-hydroxylation sites is 1. The Bertz CT molecular complexity index is 1220. The lowest BCUT2D eigenvalue weighted by atomic mass is 10.2. The van der Waals surface area contributed by atoms with E-state index in [9.17, 15) is 9.59 Å². The lowest BCUT2D eigenvalue weighted by Gasteiger charge is -2.01. The van der Waals surface area contributed by atoms with Gasteiger partial charge in [0.1, 0.15) is 6.54 Å². The number of hydrogen-bond donors (Lipinski definition) is 2. The summed E-state index contributed by atoms with van der Waals surface area (Å²) in [6, 6.07) is 16.6. The number of benzene rings is 2. The van der Waals surface area contributed by atoms with Gasteiger partial charge in [0.25, 0.3) is 5.91 Å². The molecular formula is C19H17N9O2S. The molecule has 0 aliphatic rings. The van der Waals surface area contributed by atoms with Crippen molar-refractivity contribution in [2.75, 3.05) is 11.6 Å². The van der Waals surface area contributed by atoms with Gasteiger partial charge in [0, 0.05) is 10.5 Å². The second kappa shape index (κ2) is 8.75. The fraction of sp³-hybridized carbons (Fsp3) is 0.105.